The molecule has 1 aliphatic carbocycles. The highest BCUT2D eigenvalue weighted by molar-refractivity contribution is 5.13. The first-order valence-electron chi connectivity index (χ1n) is 5.70. The van der Waals surface area contributed by atoms with Crippen molar-refractivity contribution in [3.8, 4) is 0 Å². The largest absolute Gasteiger partial charge is 0.390 e. The fourth-order valence-electron chi connectivity index (χ4n) is 2.05. The SMILES string of the molecule is O[C@@H]1CCCC[C@H]1OCc1ccccc1. The average molecular weight is 206 g/mol. The Morgan fingerprint density at radius 3 is 2.60 bits per heavy atom. The summed E-state index contributed by atoms with van der Waals surface area (Å²) in [7, 11) is 0. The first kappa shape index (κ1) is 10.7. The van der Waals surface area contributed by atoms with Gasteiger partial charge in [-0.05, 0) is 18.4 Å². The highest BCUT2D eigenvalue weighted by Crippen LogP contribution is 2.22. The lowest BCUT2D eigenvalue weighted by molar-refractivity contribution is -0.0661. The molecule has 0 spiro atoms. The summed E-state index contributed by atoms with van der Waals surface area (Å²) in [5, 5.41) is 9.72. The van der Waals surface area contributed by atoms with Gasteiger partial charge in [0.25, 0.3) is 0 Å². The Morgan fingerprint density at radius 1 is 1.13 bits per heavy atom. The van der Waals surface area contributed by atoms with E-state index < -0.39 is 0 Å². The van der Waals surface area contributed by atoms with Crippen molar-refractivity contribution in [3.05, 3.63) is 35.9 Å². The van der Waals surface area contributed by atoms with Gasteiger partial charge < -0.3 is 9.84 Å². The number of ether oxygens (including phenoxy) is 1. The van der Waals surface area contributed by atoms with Gasteiger partial charge in [-0.3, -0.25) is 0 Å². The van der Waals surface area contributed by atoms with Crippen LogP contribution in [0.3, 0.4) is 0 Å². The number of hydrogen-bond acceptors (Lipinski definition) is 2. The van der Waals surface area contributed by atoms with Gasteiger partial charge in [0, 0.05) is 0 Å². The van der Waals surface area contributed by atoms with Gasteiger partial charge in [-0.2, -0.15) is 0 Å². The van der Waals surface area contributed by atoms with E-state index in [0.29, 0.717) is 6.61 Å². The molecule has 0 heterocycles. The minimum absolute atomic E-state index is 0.0407. The number of rotatable bonds is 3. The van der Waals surface area contributed by atoms with Crippen molar-refractivity contribution in [1.29, 1.82) is 0 Å². The molecule has 1 aromatic rings. The molecule has 2 atom stereocenters. The minimum atomic E-state index is -0.262. The maximum absolute atomic E-state index is 9.72. The molecular formula is C13H18O2. The normalized spacial score (nSPS) is 26.5. The Labute approximate surface area is 90.9 Å². The standard InChI is InChI=1S/C13H18O2/c14-12-8-4-5-9-13(12)15-10-11-6-2-1-3-7-11/h1-3,6-7,12-14H,4-5,8-10H2/t12-,13-/m1/s1. The van der Waals surface area contributed by atoms with Crippen molar-refractivity contribution in [1.82, 2.24) is 0 Å². The molecule has 2 rings (SSSR count). The van der Waals surface area contributed by atoms with Crippen molar-refractivity contribution in [2.75, 3.05) is 0 Å². The molecule has 1 fully saturated rings. The van der Waals surface area contributed by atoms with E-state index in [1.807, 2.05) is 18.2 Å². The van der Waals surface area contributed by atoms with Crippen molar-refractivity contribution in [3.63, 3.8) is 0 Å². The summed E-state index contributed by atoms with van der Waals surface area (Å²) < 4.78 is 5.73. The van der Waals surface area contributed by atoms with Crippen LogP contribution in [0.5, 0.6) is 0 Å². The molecule has 0 radical (unpaired) electrons. The van der Waals surface area contributed by atoms with Crippen molar-refractivity contribution < 1.29 is 9.84 Å². The maximum Gasteiger partial charge on any atom is 0.0838 e. The van der Waals surface area contributed by atoms with Crippen molar-refractivity contribution >= 4 is 0 Å². The van der Waals surface area contributed by atoms with Gasteiger partial charge in [-0.15, -0.1) is 0 Å². The smallest absolute Gasteiger partial charge is 0.0838 e. The van der Waals surface area contributed by atoms with E-state index in [-0.39, 0.29) is 12.2 Å². The van der Waals surface area contributed by atoms with Crippen LogP contribution in [0.15, 0.2) is 30.3 Å². The second kappa shape index (κ2) is 5.29. The Morgan fingerprint density at radius 2 is 1.87 bits per heavy atom. The van der Waals surface area contributed by atoms with Gasteiger partial charge in [-0.1, -0.05) is 43.2 Å². The van der Waals surface area contributed by atoms with Crippen LogP contribution in [0.25, 0.3) is 0 Å². The van der Waals surface area contributed by atoms with E-state index in [4.69, 9.17) is 4.74 Å². The third kappa shape index (κ3) is 3.05. The molecule has 0 aromatic heterocycles. The second-order valence-corrected chi connectivity index (χ2v) is 4.19. The van der Waals surface area contributed by atoms with Crippen LogP contribution in [0.4, 0.5) is 0 Å². The van der Waals surface area contributed by atoms with Crippen LogP contribution >= 0.6 is 0 Å². The highest BCUT2D eigenvalue weighted by Gasteiger charge is 2.23. The molecule has 1 saturated carbocycles. The van der Waals surface area contributed by atoms with Crippen LogP contribution in [0.2, 0.25) is 0 Å². The quantitative estimate of drug-likeness (QED) is 0.823. The predicted molar refractivity (Wildman–Crippen MR) is 59.5 cm³/mol. The lowest BCUT2D eigenvalue weighted by Crippen LogP contribution is -2.32. The molecule has 1 aliphatic rings. The fourth-order valence-corrected chi connectivity index (χ4v) is 2.05. The van der Waals surface area contributed by atoms with Gasteiger partial charge in [0.05, 0.1) is 18.8 Å². The molecule has 1 N–H and O–H groups in total. The fraction of sp³-hybridized carbons (Fsp3) is 0.538. The lowest BCUT2D eigenvalue weighted by atomic mass is 9.95. The van der Waals surface area contributed by atoms with E-state index in [1.165, 1.54) is 12.0 Å². The summed E-state index contributed by atoms with van der Waals surface area (Å²) in [6.07, 6.45) is 3.97. The Kier molecular flexibility index (Phi) is 3.75. The predicted octanol–water partition coefficient (Wildman–Crippen LogP) is 2.51. The number of benzene rings is 1. The van der Waals surface area contributed by atoms with E-state index in [1.54, 1.807) is 0 Å². The number of hydrogen-bond donors (Lipinski definition) is 1. The molecule has 2 nitrogen and oxygen atoms in total. The third-order valence-corrected chi connectivity index (χ3v) is 2.97. The molecule has 2 heteroatoms. The molecule has 1 aromatic carbocycles. The highest BCUT2D eigenvalue weighted by atomic mass is 16.5. The van der Waals surface area contributed by atoms with E-state index in [0.717, 1.165) is 19.3 Å². The molecule has 0 amide bonds. The molecule has 0 unspecified atom stereocenters. The van der Waals surface area contributed by atoms with Crippen LogP contribution in [0, 0.1) is 0 Å². The molecule has 0 aliphatic heterocycles. The zero-order valence-corrected chi connectivity index (χ0v) is 8.93. The van der Waals surface area contributed by atoms with Crippen LogP contribution in [0.1, 0.15) is 31.2 Å². The first-order chi connectivity index (χ1) is 7.36. The zero-order chi connectivity index (χ0) is 10.5. The van der Waals surface area contributed by atoms with Crippen LogP contribution < -0.4 is 0 Å². The summed E-state index contributed by atoms with van der Waals surface area (Å²) in [4.78, 5) is 0. The summed E-state index contributed by atoms with van der Waals surface area (Å²) in [6, 6.07) is 10.1. The van der Waals surface area contributed by atoms with Gasteiger partial charge in [0.1, 0.15) is 0 Å². The Bertz CT molecular complexity index is 284. The molecule has 0 saturated heterocycles. The average Bonchev–Trinajstić information content (AvgIpc) is 2.29. The molecular weight excluding hydrogens is 188 g/mol. The zero-order valence-electron chi connectivity index (χ0n) is 8.93. The molecule has 0 bridgehead atoms. The van der Waals surface area contributed by atoms with Crippen molar-refractivity contribution in [2.45, 2.75) is 44.5 Å². The van der Waals surface area contributed by atoms with Gasteiger partial charge in [0.15, 0.2) is 0 Å². The van der Waals surface area contributed by atoms with E-state index in [9.17, 15) is 5.11 Å². The first-order valence-corrected chi connectivity index (χ1v) is 5.70. The lowest BCUT2D eigenvalue weighted by Gasteiger charge is -2.27. The Hall–Kier alpha value is -0.860. The second-order valence-electron chi connectivity index (χ2n) is 4.19. The number of aliphatic hydroxyl groups is 1. The topological polar surface area (TPSA) is 29.5 Å². The summed E-state index contributed by atoms with van der Waals surface area (Å²) in [6.45, 7) is 0.614. The molecule has 15 heavy (non-hydrogen) atoms. The van der Waals surface area contributed by atoms with Crippen LogP contribution in [-0.4, -0.2) is 17.3 Å². The van der Waals surface area contributed by atoms with E-state index >= 15 is 0 Å². The minimum Gasteiger partial charge on any atom is -0.390 e. The Balaban J connectivity index is 1.82. The third-order valence-electron chi connectivity index (χ3n) is 2.97. The van der Waals surface area contributed by atoms with Gasteiger partial charge >= 0.3 is 0 Å². The molecule has 82 valence electrons. The summed E-state index contributed by atoms with van der Waals surface area (Å²) in [5.74, 6) is 0. The maximum atomic E-state index is 9.72. The summed E-state index contributed by atoms with van der Waals surface area (Å²) >= 11 is 0. The van der Waals surface area contributed by atoms with Gasteiger partial charge in [0.2, 0.25) is 0 Å². The van der Waals surface area contributed by atoms with Gasteiger partial charge in [-0.25, -0.2) is 0 Å². The van der Waals surface area contributed by atoms with Crippen molar-refractivity contribution in [2.24, 2.45) is 0 Å². The number of aliphatic hydroxyl groups excluding tert-OH is 1. The van der Waals surface area contributed by atoms with Crippen LogP contribution in [-0.2, 0) is 11.3 Å². The van der Waals surface area contributed by atoms with E-state index in [2.05, 4.69) is 12.1 Å². The summed E-state index contributed by atoms with van der Waals surface area (Å²) in [5.41, 5.74) is 1.18. The monoisotopic (exact) mass is 206 g/mol.